The number of hydrogen-bond donors (Lipinski definition) is 0. The predicted molar refractivity (Wildman–Crippen MR) is 83.7 cm³/mol. The molecular weight excluding hydrogens is 321 g/mol. The zero-order valence-corrected chi connectivity index (χ0v) is 13.1. The molecule has 0 radical (unpaired) electrons. The summed E-state index contributed by atoms with van der Waals surface area (Å²) in [5, 5.41) is 0.781. The summed E-state index contributed by atoms with van der Waals surface area (Å²) < 4.78 is 0. The molecule has 4 aliphatic carbocycles. The van der Waals surface area contributed by atoms with Gasteiger partial charge in [-0.15, -0.1) is 0 Å². The Hall–Kier alpha value is -1.32. The second-order valence-corrected chi connectivity index (χ2v) is 7.58. The molecule has 0 aromatic heterocycles. The van der Waals surface area contributed by atoms with Crippen LogP contribution in [0, 0.1) is 35.5 Å². The van der Waals surface area contributed by atoms with Crippen molar-refractivity contribution in [2.24, 2.45) is 35.5 Å². The second kappa shape index (κ2) is 4.15. The number of halogens is 2. The second-order valence-electron chi connectivity index (χ2n) is 6.76. The van der Waals surface area contributed by atoms with Crippen LogP contribution in [0.5, 0.6) is 0 Å². The van der Waals surface area contributed by atoms with Crippen LogP contribution in [0.3, 0.4) is 0 Å². The Balaban J connectivity index is 1.58. The first-order valence-corrected chi connectivity index (χ1v) is 8.34. The Kier molecular flexibility index (Phi) is 2.48. The van der Waals surface area contributed by atoms with E-state index in [2.05, 4.69) is 12.2 Å². The number of carbonyl (C=O) groups is 2. The van der Waals surface area contributed by atoms with Gasteiger partial charge in [0.05, 0.1) is 27.6 Å². The fourth-order valence-electron chi connectivity index (χ4n) is 4.84. The fourth-order valence-corrected chi connectivity index (χ4v) is 5.13. The maximum absolute atomic E-state index is 12.9. The van der Waals surface area contributed by atoms with Crippen LogP contribution in [0.25, 0.3) is 0 Å². The van der Waals surface area contributed by atoms with Gasteiger partial charge in [-0.3, -0.25) is 9.59 Å². The maximum atomic E-state index is 12.9. The highest BCUT2D eigenvalue weighted by Gasteiger charge is 2.67. The number of allylic oxidation sites excluding steroid dienone is 2. The van der Waals surface area contributed by atoms with E-state index in [1.807, 2.05) is 0 Å². The smallest absolute Gasteiger partial charge is 0.238 e. The Morgan fingerprint density at radius 1 is 0.909 bits per heavy atom. The van der Waals surface area contributed by atoms with Gasteiger partial charge in [0.2, 0.25) is 11.8 Å². The molecule has 2 amide bonds. The number of hydrogen-bond acceptors (Lipinski definition) is 2. The lowest BCUT2D eigenvalue weighted by atomic mass is 9.63. The molecule has 1 aliphatic heterocycles. The van der Waals surface area contributed by atoms with Crippen LogP contribution < -0.4 is 4.90 Å². The van der Waals surface area contributed by atoms with Crippen LogP contribution in [0.1, 0.15) is 6.42 Å². The maximum Gasteiger partial charge on any atom is 0.238 e. The van der Waals surface area contributed by atoms with Crippen LogP contribution in [0.2, 0.25) is 10.0 Å². The Labute approximate surface area is 137 Å². The van der Waals surface area contributed by atoms with E-state index in [9.17, 15) is 9.59 Å². The zero-order valence-electron chi connectivity index (χ0n) is 11.6. The van der Waals surface area contributed by atoms with Gasteiger partial charge in [-0.05, 0) is 48.3 Å². The van der Waals surface area contributed by atoms with Gasteiger partial charge in [-0.2, -0.15) is 0 Å². The van der Waals surface area contributed by atoms with Crippen LogP contribution in [0.4, 0.5) is 5.69 Å². The van der Waals surface area contributed by atoms with Crippen LogP contribution >= 0.6 is 23.2 Å². The lowest BCUT2D eigenvalue weighted by Crippen LogP contribution is -2.40. The standard InChI is InChI=1S/C17H13Cl2NO2/c18-12-4-1-7(5-13(12)19)20-16(21)14-8-2-3-9(11-6-10(8)11)15(14)17(20)22/h1-5,8-11,14-15H,6H2/t8-,9-,10-,11-,14+,15+/m0/s1. The van der Waals surface area contributed by atoms with Gasteiger partial charge in [0.25, 0.3) is 0 Å². The third-order valence-corrected chi connectivity index (χ3v) is 6.56. The first-order chi connectivity index (χ1) is 10.6. The van der Waals surface area contributed by atoms with Gasteiger partial charge in [0.1, 0.15) is 0 Å². The Bertz CT molecular complexity index is 723. The van der Waals surface area contributed by atoms with E-state index in [0.29, 0.717) is 27.6 Å². The summed E-state index contributed by atoms with van der Waals surface area (Å²) in [5.41, 5.74) is 0.534. The topological polar surface area (TPSA) is 37.4 Å². The zero-order chi connectivity index (χ0) is 15.2. The molecule has 1 heterocycles. The van der Waals surface area contributed by atoms with Crippen molar-refractivity contribution in [2.75, 3.05) is 4.90 Å². The SMILES string of the molecule is O=C1[C@@H]2[C@H]3C=C[C@@H]([C@@H]4C[C@@H]34)[C@H]2C(=O)N1c1ccc(Cl)c(Cl)c1. The summed E-state index contributed by atoms with van der Waals surface area (Å²) in [6.45, 7) is 0. The largest absolute Gasteiger partial charge is 0.274 e. The van der Waals surface area contributed by atoms with E-state index >= 15 is 0 Å². The van der Waals surface area contributed by atoms with E-state index in [-0.39, 0.29) is 35.5 Å². The van der Waals surface area contributed by atoms with Gasteiger partial charge in [0, 0.05) is 0 Å². The highest BCUT2D eigenvalue weighted by Crippen LogP contribution is 2.65. The molecule has 3 fully saturated rings. The number of imide groups is 1. The number of carbonyl (C=O) groups excluding carboxylic acids is 2. The van der Waals surface area contributed by atoms with Crippen molar-refractivity contribution in [3.63, 3.8) is 0 Å². The van der Waals surface area contributed by atoms with E-state index in [1.165, 1.54) is 11.3 Å². The molecule has 2 bridgehead atoms. The Morgan fingerprint density at radius 3 is 2.05 bits per heavy atom. The van der Waals surface area contributed by atoms with Crippen molar-refractivity contribution >= 4 is 40.7 Å². The summed E-state index contributed by atoms with van der Waals surface area (Å²) >= 11 is 12.0. The fraction of sp³-hybridized carbons (Fsp3) is 0.412. The summed E-state index contributed by atoms with van der Waals surface area (Å²) in [4.78, 5) is 27.1. The molecule has 1 aromatic rings. The molecular formula is C17H13Cl2NO2. The molecule has 0 spiro atoms. The third kappa shape index (κ3) is 1.49. The predicted octanol–water partition coefficient (Wildman–Crippen LogP) is 3.55. The van der Waals surface area contributed by atoms with Crippen molar-refractivity contribution < 1.29 is 9.59 Å². The number of amides is 2. The average Bonchev–Trinajstić information content (AvgIpc) is 3.28. The van der Waals surface area contributed by atoms with Gasteiger partial charge in [0.15, 0.2) is 0 Å². The molecule has 2 saturated carbocycles. The molecule has 3 nitrogen and oxygen atoms in total. The minimum Gasteiger partial charge on any atom is -0.274 e. The van der Waals surface area contributed by atoms with Crippen molar-refractivity contribution in [2.45, 2.75) is 6.42 Å². The first-order valence-electron chi connectivity index (χ1n) is 7.59. The molecule has 0 unspecified atom stereocenters. The monoisotopic (exact) mass is 333 g/mol. The highest BCUT2D eigenvalue weighted by molar-refractivity contribution is 6.42. The van der Waals surface area contributed by atoms with Crippen molar-refractivity contribution in [3.05, 3.63) is 40.4 Å². The summed E-state index contributed by atoms with van der Waals surface area (Å²) in [7, 11) is 0. The minimum absolute atomic E-state index is 0.0712. The molecule has 112 valence electrons. The summed E-state index contributed by atoms with van der Waals surface area (Å²) in [6, 6.07) is 4.93. The molecule has 22 heavy (non-hydrogen) atoms. The molecule has 5 heteroatoms. The molecule has 5 aliphatic rings. The van der Waals surface area contributed by atoms with Gasteiger partial charge in [-0.25, -0.2) is 4.90 Å². The van der Waals surface area contributed by atoms with E-state index < -0.39 is 0 Å². The molecule has 1 aromatic carbocycles. The van der Waals surface area contributed by atoms with Crippen LogP contribution in [-0.4, -0.2) is 11.8 Å². The molecule has 6 rings (SSSR count). The van der Waals surface area contributed by atoms with Gasteiger partial charge >= 0.3 is 0 Å². The van der Waals surface area contributed by atoms with Crippen LogP contribution in [0.15, 0.2) is 30.4 Å². The van der Waals surface area contributed by atoms with E-state index in [0.717, 1.165) is 0 Å². The lowest BCUT2D eigenvalue weighted by Gasteiger charge is -2.37. The number of rotatable bonds is 1. The van der Waals surface area contributed by atoms with E-state index in [4.69, 9.17) is 23.2 Å². The molecule has 0 N–H and O–H groups in total. The first kappa shape index (κ1) is 13.1. The van der Waals surface area contributed by atoms with Crippen molar-refractivity contribution in [1.82, 2.24) is 0 Å². The quantitative estimate of drug-likeness (QED) is 0.582. The Morgan fingerprint density at radius 2 is 1.50 bits per heavy atom. The van der Waals surface area contributed by atoms with Crippen molar-refractivity contribution in [1.29, 1.82) is 0 Å². The highest BCUT2D eigenvalue weighted by atomic mass is 35.5. The van der Waals surface area contributed by atoms with Crippen LogP contribution in [-0.2, 0) is 9.59 Å². The third-order valence-electron chi connectivity index (χ3n) is 5.82. The minimum atomic E-state index is -0.180. The normalized spacial score (nSPS) is 40.9. The van der Waals surface area contributed by atoms with Gasteiger partial charge < -0.3 is 0 Å². The number of nitrogens with zero attached hydrogens (tertiary/aromatic N) is 1. The van der Waals surface area contributed by atoms with E-state index in [1.54, 1.807) is 18.2 Å². The number of anilines is 1. The summed E-state index contributed by atoms with van der Waals surface area (Å²) in [5.74, 6) is 1.20. The average molecular weight is 334 g/mol. The van der Waals surface area contributed by atoms with Gasteiger partial charge in [-0.1, -0.05) is 35.4 Å². The van der Waals surface area contributed by atoms with Crippen molar-refractivity contribution in [3.8, 4) is 0 Å². The number of benzene rings is 1. The summed E-state index contributed by atoms with van der Waals surface area (Å²) in [6.07, 6.45) is 5.51. The molecule has 6 atom stereocenters. The lowest BCUT2D eigenvalue weighted by molar-refractivity contribution is -0.124. The molecule has 1 saturated heterocycles.